The molecule has 0 aliphatic carbocycles. The SMILES string of the molecule is c1ccc2c(c1)C(=Nc1nccs1)NC2=Nc1nccs1. The van der Waals surface area contributed by atoms with Crippen LogP contribution in [-0.4, -0.2) is 21.6 Å². The van der Waals surface area contributed by atoms with Crippen molar-refractivity contribution in [2.45, 2.75) is 0 Å². The highest BCUT2D eigenvalue weighted by molar-refractivity contribution is 7.13. The molecule has 2 aromatic heterocycles. The predicted octanol–water partition coefficient (Wildman–Crippen LogP) is 3.36. The molecular formula is C14H9N5S2. The van der Waals surface area contributed by atoms with Crippen molar-refractivity contribution < 1.29 is 0 Å². The highest BCUT2D eigenvalue weighted by Gasteiger charge is 2.23. The normalized spacial score (nSPS) is 17.1. The van der Waals surface area contributed by atoms with Gasteiger partial charge in [0, 0.05) is 34.3 Å². The quantitative estimate of drug-likeness (QED) is 0.789. The first-order valence-corrected chi connectivity index (χ1v) is 7.99. The second-order valence-electron chi connectivity index (χ2n) is 4.22. The zero-order valence-electron chi connectivity index (χ0n) is 10.7. The Morgan fingerprint density at radius 2 is 1.33 bits per heavy atom. The smallest absolute Gasteiger partial charge is 0.211 e. The lowest BCUT2D eigenvalue weighted by atomic mass is 10.1. The largest absolute Gasteiger partial charge is 0.324 e. The molecule has 0 spiro atoms. The number of nitrogens with one attached hydrogen (secondary N) is 1. The average molecular weight is 311 g/mol. The summed E-state index contributed by atoms with van der Waals surface area (Å²) in [5.41, 5.74) is 2.06. The van der Waals surface area contributed by atoms with Crippen LogP contribution in [-0.2, 0) is 0 Å². The van der Waals surface area contributed by atoms with Crippen LogP contribution in [0.1, 0.15) is 11.1 Å². The molecule has 0 atom stereocenters. The van der Waals surface area contributed by atoms with E-state index in [1.165, 1.54) is 22.7 Å². The summed E-state index contributed by atoms with van der Waals surface area (Å²) in [5, 5.41) is 8.53. The first-order chi connectivity index (χ1) is 10.4. The molecule has 4 rings (SSSR count). The van der Waals surface area contributed by atoms with E-state index in [4.69, 9.17) is 0 Å². The van der Waals surface area contributed by atoms with Crippen LogP contribution < -0.4 is 5.32 Å². The molecular weight excluding hydrogens is 302 g/mol. The first kappa shape index (κ1) is 12.4. The molecule has 102 valence electrons. The summed E-state index contributed by atoms with van der Waals surface area (Å²) >= 11 is 3.00. The number of nitrogens with zero attached hydrogens (tertiary/aromatic N) is 4. The molecule has 1 aliphatic heterocycles. The molecule has 1 N–H and O–H groups in total. The fourth-order valence-electron chi connectivity index (χ4n) is 2.05. The number of amidine groups is 2. The van der Waals surface area contributed by atoms with Gasteiger partial charge in [0.05, 0.1) is 0 Å². The number of hydrogen-bond donors (Lipinski definition) is 1. The van der Waals surface area contributed by atoms with Crippen molar-refractivity contribution in [3.63, 3.8) is 0 Å². The van der Waals surface area contributed by atoms with Crippen LogP contribution in [0, 0.1) is 0 Å². The van der Waals surface area contributed by atoms with Gasteiger partial charge in [-0.1, -0.05) is 24.3 Å². The molecule has 5 nitrogen and oxygen atoms in total. The Morgan fingerprint density at radius 1 is 0.810 bits per heavy atom. The molecule has 7 heteroatoms. The number of aliphatic imine (C=N–C) groups is 2. The lowest BCUT2D eigenvalue weighted by Crippen LogP contribution is -2.22. The zero-order valence-corrected chi connectivity index (χ0v) is 12.4. The third-order valence-electron chi connectivity index (χ3n) is 2.93. The maximum Gasteiger partial charge on any atom is 0.211 e. The molecule has 0 radical (unpaired) electrons. The number of hydrogen-bond acceptors (Lipinski definition) is 6. The summed E-state index contributed by atoms with van der Waals surface area (Å²) in [6.45, 7) is 0. The molecule has 0 saturated carbocycles. The Bertz CT molecular complexity index is 750. The maximum absolute atomic E-state index is 4.55. The van der Waals surface area contributed by atoms with E-state index in [0.717, 1.165) is 33.1 Å². The van der Waals surface area contributed by atoms with Gasteiger partial charge in [-0.05, 0) is 0 Å². The molecule has 0 unspecified atom stereocenters. The molecule has 21 heavy (non-hydrogen) atoms. The van der Waals surface area contributed by atoms with E-state index in [1.807, 2.05) is 35.0 Å². The summed E-state index contributed by atoms with van der Waals surface area (Å²) in [5.74, 6) is 1.55. The van der Waals surface area contributed by atoms with Gasteiger partial charge in [0.15, 0.2) is 0 Å². The fourth-order valence-corrected chi connectivity index (χ4v) is 3.07. The number of thiazole rings is 2. The molecule has 3 aromatic rings. The van der Waals surface area contributed by atoms with Gasteiger partial charge in [0.2, 0.25) is 10.3 Å². The van der Waals surface area contributed by atoms with Crippen LogP contribution in [0.5, 0.6) is 0 Å². The molecule has 0 saturated heterocycles. The van der Waals surface area contributed by atoms with Gasteiger partial charge < -0.3 is 5.32 Å². The number of benzene rings is 1. The van der Waals surface area contributed by atoms with Gasteiger partial charge in [-0.15, -0.1) is 22.7 Å². The van der Waals surface area contributed by atoms with E-state index in [1.54, 1.807) is 12.4 Å². The predicted molar refractivity (Wildman–Crippen MR) is 86.2 cm³/mol. The van der Waals surface area contributed by atoms with Crippen LogP contribution in [0.4, 0.5) is 10.3 Å². The van der Waals surface area contributed by atoms with Crippen LogP contribution in [0.15, 0.2) is 57.4 Å². The van der Waals surface area contributed by atoms with Crippen LogP contribution in [0.25, 0.3) is 0 Å². The molecule has 1 aliphatic rings. The summed E-state index contributed by atoms with van der Waals surface area (Å²) in [4.78, 5) is 17.5. The van der Waals surface area contributed by atoms with Crippen LogP contribution >= 0.6 is 22.7 Å². The van der Waals surface area contributed by atoms with E-state index in [2.05, 4.69) is 25.3 Å². The Kier molecular flexibility index (Phi) is 3.06. The van der Waals surface area contributed by atoms with Gasteiger partial charge in [0.25, 0.3) is 0 Å². The molecule has 3 heterocycles. The minimum Gasteiger partial charge on any atom is -0.324 e. The fraction of sp³-hybridized carbons (Fsp3) is 0. The summed E-state index contributed by atoms with van der Waals surface area (Å²) in [6, 6.07) is 8.03. The second kappa shape index (κ2) is 5.19. The highest BCUT2D eigenvalue weighted by Crippen LogP contribution is 2.24. The number of rotatable bonds is 2. The Morgan fingerprint density at radius 3 is 1.76 bits per heavy atom. The van der Waals surface area contributed by atoms with Gasteiger partial charge in [-0.25, -0.2) is 20.0 Å². The maximum atomic E-state index is 4.55. The van der Waals surface area contributed by atoms with E-state index in [0.29, 0.717) is 0 Å². The highest BCUT2D eigenvalue weighted by atomic mass is 32.1. The topological polar surface area (TPSA) is 62.5 Å². The minimum absolute atomic E-state index is 0.725. The van der Waals surface area contributed by atoms with Crippen LogP contribution in [0.3, 0.4) is 0 Å². The first-order valence-electron chi connectivity index (χ1n) is 6.23. The van der Waals surface area contributed by atoms with Crippen molar-refractivity contribution in [1.82, 2.24) is 15.3 Å². The van der Waals surface area contributed by atoms with Crippen molar-refractivity contribution in [2.24, 2.45) is 9.98 Å². The van der Waals surface area contributed by atoms with E-state index in [9.17, 15) is 0 Å². The van der Waals surface area contributed by atoms with E-state index in [-0.39, 0.29) is 0 Å². The van der Waals surface area contributed by atoms with Crippen molar-refractivity contribution in [1.29, 1.82) is 0 Å². The molecule has 0 amide bonds. The monoisotopic (exact) mass is 311 g/mol. The summed E-state index contributed by atoms with van der Waals surface area (Å²) in [7, 11) is 0. The summed E-state index contributed by atoms with van der Waals surface area (Å²) in [6.07, 6.45) is 3.49. The van der Waals surface area contributed by atoms with Crippen molar-refractivity contribution in [2.75, 3.05) is 0 Å². The molecule has 1 aromatic carbocycles. The lowest BCUT2D eigenvalue weighted by molar-refractivity contribution is 1.29. The number of aromatic nitrogens is 2. The summed E-state index contributed by atoms with van der Waals surface area (Å²) < 4.78 is 0. The minimum atomic E-state index is 0.725. The van der Waals surface area contributed by atoms with Crippen LogP contribution in [0.2, 0.25) is 0 Å². The molecule has 0 fully saturated rings. The van der Waals surface area contributed by atoms with Crippen molar-refractivity contribution in [3.8, 4) is 0 Å². The Labute approximate surface area is 128 Å². The van der Waals surface area contributed by atoms with E-state index >= 15 is 0 Å². The standard InChI is InChI=1S/C14H9N5S2/c1-2-4-10-9(3-1)11(18-13-15-5-7-20-13)17-12(10)19-14-16-6-8-21-14/h1-8H,(H,15,16,17,18,19). The average Bonchev–Trinajstić information content (AvgIpc) is 3.23. The van der Waals surface area contributed by atoms with Gasteiger partial charge in [-0.3, -0.25) is 0 Å². The van der Waals surface area contributed by atoms with E-state index < -0.39 is 0 Å². The van der Waals surface area contributed by atoms with Crippen molar-refractivity contribution in [3.05, 3.63) is 58.5 Å². The Hall–Kier alpha value is -2.38. The third-order valence-corrected chi connectivity index (χ3v) is 4.26. The van der Waals surface area contributed by atoms with Gasteiger partial charge in [0.1, 0.15) is 11.7 Å². The Balaban J connectivity index is 1.80. The molecule has 0 bridgehead atoms. The van der Waals surface area contributed by atoms with Gasteiger partial charge in [-0.2, -0.15) is 0 Å². The van der Waals surface area contributed by atoms with Crippen molar-refractivity contribution >= 4 is 44.6 Å². The second-order valence-corrected chi connectivity index (χ2v) is 5.97. The number of fused-ring (bicyclic) bond motifs is 1. The third kappa shape index (κ3) is 2.37. The van der Waals surface area contributed by atoms with Gasteiger partial charge >= 0.3 is 0 Å². The zero-order chi connectivity index (χ0) is 14.1. The lowest BCUT2D eigenvalue weighted by Gasteiger charge is -1.97.